The standard InChI is InChI=1S/C69H50N2S/c1-2-52-55(43-64(71-67(52)44-19-4-3-5-20-44)50-25-17-22-46(40-50)47-23-18-26-51(70)41-47)49-24-16-21-45(39-49)48-37-38-54-53-27-6-7-28-56(53)68(63(54)42-48)57-29-8-10-31-59(57)69(60-32-11-9-30-58(60)68)61-33-12-14-35-65(61)72-66-36-15-13-34-62(66)69/h3-43,52,55H,2,70H2,1H3. The van der Waals surface area contributed by atoms with Gasteiger partial charge in [-0.05, 0) is 138 Å². The fourth-order valence-corrected chi connectivity index (χ4v) is 14.4. The summed E-state index contributed by atoms with van der Waals surface area (Å²) in [5.41, 5.74) is 29.6. The Bertz CT molecular complexity index is 3780. The molecule has 0 bridgehead atoms. The number of benzene rings is 10. The van der Waals surface area contributed by atoms with Crippen molar-refractivity contribution in [1.29, 1.82) is 0 Å². The molecule has 10 aromatic rings. The molecular weight excluding hydrogens is 889 g/mol. The summed E-state index contributed by atoms with van der Waals surface area (Å²) >= 11 is 1.90. The minimum atomic E-state index is -0.568. The van der Waals surface area contributed by atoms with E-state index in [-0.39, 0.29) is 11.8 Å². The first-order chi connectivity index (χ1) is 35.5. The van der Waals surface area contributed by atoms with Gasteiger partial charge in [-0.1, -0.05) is 225 Å². The number of anilines is 1. The van der Waals surface area contributed by atoms with Gasteiger partial charge in [0.25, 0.3) is 0 Å². The van der Waals surface area contributed by atoms with Crippen LogP contribution in [0.1, 0.15) is 80.5 Å². The number of fused-ring (bicyclic) bond motifs is 15. The van der Waals surface area contributed by atoms with Crippen molar-refractivity contribution in [3.63, 3.8) is 0 Å². The van der Waals surface area contributed by atoms with Crippen LogP contribution in [0.15, 0.2) is 264 Å². The first-order valence-corrected chi connectivity index (χ1v) is 26.1. The molecule has 0 fully saturated rings. The highest BCUT2D eigenvalue weighted by Gasteiger charge is 2.58. The highest BCUT2D eigenvalue weighted by Crippen LogP contribution is 2.67. The lowest BCUT2D eigenvalue weighted by atomic mass is 9.51. The van der Waals surface area contributed by atoms with Gasteiger partial charge < -0.3 is 5.73 Å². The molecule has 2 nitrogen and oxygen atoms in total. The number of nitrogens with two attached hydrogens (primary N) is 1. The lowest BCUT2D eigenvalue weighted by molar-refractivity contribution is 0.593. The van der Waals surface area contributed by atoms with E-state index in [1.54, 1.807) is 0 Å². The van der Waals surface area contributed by atoms with E-state index in [1.165, 1.54) is 87.7 Å². The van der Waals surface area contributed by atoms with E-state index in [2.05, 4.69) is 237 Å². The number of allylic oxidation sites excluding steroid dienone is 1. The van der Waals surface area contributed by atoms with Crippen molar-refractivity contribution in [1.82, 2.24) is 0 Å². The van der Waals surface area contributed by atoms with E-state index in [0.717, 1.165) is 40.2 Å². The molecule has 2 N–H and O–H groups in total. The van der Waals surface area contributed by atoms with Crippen LogP contribution in [-0.2, 0) is 10.8 Å². The third-order valence-corrected chi connectivity index (χ3v) is 17.3. The summed E-state index contributed by atoms with van der Waals surface area (Å²) in [5, 5.41) is 0. The van der Waals surface area contributed by atoms with Gasteiger partial charge in [0.05, 0.1) is 22.2 Å². The summed E-state index contributed by atoms with van der Waals surface area (Å²) in [6, 6.07) is 90.6. The Labute approximate surface area is 426 Å². The van der Waals surface area contributed by atoms with Gasteiger partial charge in [-0.3, -0.25) is 4.99 Å². The smallest absolute Gasteiger partial charge is 0.0729 e. The van der Waals surface area contributed by atoms with Crippen LogP contribution in [0, 0.1) is 5.92 Å². The zero-order valence-electron chi connectivity index (χ0n) is 40.0. The molecular formula is C69H50N2S. The van der Waals surface area contributed by atoms with Crippen LogP contribution in [0.5, 0.6) is 0 Å². The van der Waals surface area contributed by atoms with Gasteiger partial charge >= 0.3 is 0 Å². The molecule has 72 heavy (non-hydrogen) atoms. The average Bonchev–Trinajstić information content (AvgIpc) is 3.74. The predicted molar refractivity (Wildman–Crippen MR) is 299 cm³/mol. The largest absolute Gasteiger partial charge is 0.399 e. The Kier molecular flexibility index (Phi) is 9.88. The van der Waals surface area contributed by atoms with Crippen LogP contribution in [0.25, 0.3) is 39.1 Å². The molecule has 0 aromatic heterocycles. The van der Waals surface area contributed by atoms with Crippen molar-refractivity contribution in [2.45, 2.75) is 39.9 Å². The summed E-state index contributed by atoms with van der Waals surface area (Å²) in [4.78, 5) is 8.16. The Morgan fingerprint density at radius 3 is 1.54 bits per heavy atom. The van der Waals surface area contributed by atoms with Crippen molar-refractivity contribution < 1.29 is 0 Å². The molecule has 2 heterocycles. The quantitative estimate of drug-likeness (QED) is 0.169. The summed E-state index contributed by atoms with van der Waals surface area (Å²) in [6.45, 7) is 2.31. The molecule has 2 atom stereocenters. The van der Waals surface area contributed by atoms with Gasteiger partial charge in [0.1, 0.15) is 0 Å². The van der Waals surface area contributed by atoms with Gasteiger partial charge in [0, 0.05) is 32.9 Å². The van der Waals surface area contributed by atoms with E-state index in [1.807, 2.05) is 30.0 Å². The normalized spacial score (nSPS) is 17.1. The molecule has 2 aliphatic carbocycles. The Morgan fingerprint density at radius 1 is 0.403 bits per heavy atom. The monoisotopic (exact) mass is 938 g/mol. The molecule has 2 spiro atoms. The molecule has 0 saturated heterocycles. The number of hydrogen-bond acceptors (Lipinski definition) is 3. The van der Waals surface area contributed by atoms with E-state index in [4.69, 9.17) is 10.7 Å². The SMILES string of the molecule is CCC1C(c2ccccc2)=NC(c2cccc(-c3cccc(N)c3)c2)=CC1c1cccc(-c2ccc3c(c2)C2(c4ccccc4-3)c3ccccc3C3(c4ccccc4Sc4ccccc43)c3ccccc32)c1. The summed E-state index contributed by atoms with van der Waals surface area (Å²) in [5.74, 6) is 0.267. The highest BCUT2D eigenvalue weighted by atomic mass is 32.2. The van der Waals surface area contributed by atoms with E-state index in [0.29, 0.717) is 0 Å². The van der Waals surface area contributed by atoms with Crippen LogP contribution in [0.2, 0.25) is 0 Å². The highest BCUT2D eigenvalue weighted by molar-refractivity contribution is 7.99. The van der Waals surface area contributed by atoms with Crippen LogP contribution < -0.4 is 5.73 Å². The molecule has 2 unspecified atom stereocenters. The van der Waals surface area contributed by atoms with Gasteiger partial charge in [0.2, 0.25) is 0 Å². The Morgan fingerprint density at radius 2 is 0.889 bits per heavy atom. The van der Waals surface area contributed by atoms with E-state index >= 15 is 0 Å². The topological polar surface area (TPSA) is 38.4 Å². The number of aliphatic imine (C=N–C) groups is 1. The lowest BCUT2D eigenvalue weighted by Crippen LogP contribution is -2.45. The van der Waals surface area contributed by atoms with Crippen molar-refractivity contribution >= 4 is 28.9 Å². The summed E-state index contributed by atoms with van der Waals surface area (Å²) < 4.78 is 0. The zero-order valence-corrected chi connectivity index (χ0v) is 40.8. The van der Waals surface area contributed by atoms with E-state index in [9.17, 15) is 0 Å². The maximum Gasteiger partial charge on any atom is 0.0729 e. The van der Waals surface area contributed by atoms with Gasteiger partial charge in [-0.25, -0.2) is 0 Å². The van der Waals surface area contributed by atoms with Crippen molar-refractivity contribution in [2.24, 2.45) is 10.9 Å². The fourth-order valence-electron chi connectivity index (χ4n) is 13.2. The fraction of sp³-hybridized carbons (Fsp3) is 0.0870. The van der Waals surface area contributed by atoms with Gasteiger partial charge in [0.15, 0.2) is 0 Å². The Hall–Kier alpha value is -8.24. The predicted octanol–water partition coefficient (Wildman–Crippen LogP) is 16.8. The zero-order chi connectivity index (χ0) is 48.0. The second-order valence-corrected chi connectivity index (χ2v) is 20.9. The van der Waals surface area contributed by atoms with Gasteiger partial charge in [-0.15, -0.1) is 0 Å². The summed E-state index contributed by atoms with van der Waals surface area (Å²) in [6.07, 6.45) is 3.38. The molecule has 2 aliphatic heterocycles. The van der Waals surface area contributed by atoms with Crippen molar-refractivity contribution in [3.8, 4) is 33.4 Å². The summed E-state index contributed by atoms with van der Waals surface area (Å²) in [7, 11) is 0. The first-order valence-electron chi connectivity index (χ1n) is 25.3. The third-order valence-electron chi connectivity index (χ3n) is 16.2. The molecule has 4 aliphatic rings. The number of nitrogens with zero attached hydrogens (tertiary/aromatic N) is 1. The van der Waals surface area contributed by atoms with Gasteiger partial charge in [-0.2, -0.15) is 0 Å². The minimum absolute atomic E-state index is 0.0893. The molecule has 342 valence electrons. The molecule has 14 rings (SSSR count). The number of hydrogen-bond donors (Lipinski definition) is 1. The molecule has 0 saturated carbocycles. The molecule has 0 amide bonds. The molecule has 10 aromatic carbocycles. The maximum absolute atomic E-state index is 6.27. The van der Waals surface area contributed by atoms with Crippen LogP contribution in [-0.4, -0.2) is 5.71 Å². The second kappa shape index (κ2) is 16.7. The third kappa shape index (κ3) is 6.20. The minimum Gasteiger partial charge on any atom is -0.399 e. The van der Waals surface area contributed by atoms with Crippen LogP contribution >= 0.6 is 11.8 Å². The second-order valence-electron chi connectivity index (χ2n) is 19.8. The number of nitrogen functional groups attached to an aromatic ring is 1. The van der Waals surface area contributed by atoms with Crippen molar-refractivity contribution in [2.75, 3.05) is 5.73 Å². The van der Waals surface area contributed by atoms with Crippen LogP contribution in [0.3, 0.4) is 0 Å². The molecule has 0 radical (unpaired) electrons. The van der Waals surface area contributed by atoms with Crippen LogP contribution in [0.4, 0.5) is 5.69 Å². The lowest BCUT2D eigenvalue weighted by Gasteiger charge is -2.51. The Balaban J connectivity index is 0.951. The number of rotatable bonds is 6. The molecule has 3 heteroatoms. The van der Waals surface area contributed by atoms with E-state index < -0.39 is 10.8 Å². The first kappa shape index (κ1) is 42.6. The average molecular weight is 939 g/mol. The maximum atomic E-state index is 6.27. The van der Waals surface area contributed by atoms with Crippen molar-refractivity contribution in [3.05, 3.63) is 310 Å².